The van der Waals surface area contributed by atoms with E-state index in [1.807, 2.05) is 0 Å². The molecule has 2 rings (SSSR count). The molecule has 0 amide bonds. The van der Waals surface area contributed by atoms with Crippen molar-refractivity contribution in [2.75, 3.05) is 0 Å². The number of halogens is 3. The molecule has 0 aliphatic rings. The number of Topliss-reactive ketones (excluding diaryl/α,β-unsaturated/α-hetero) is 1. The molecule has 0 heterocycles. The van der Waals surface area contributed by atoms with Gasteiger partial charge in [0.05, 0.1) is 10.5 Å². The summed E-state index contributed by atoms with van der Waals surface area (Å²) < 4.78 is 39.8. The Morgan fingerprint density at radius 1 is 1.10 bits per heavy atom. The van der Waals surface area contributed by atoms with Crippen LogP contribution in [0, 0.1) is 27.6 Å². The molecule has 0 bridgehead atoms. The SMILES string of the molecule is O=C(Cc1ccccc1[N+](=O)[O-])c1c(F)cc(F)cc1F. The van der Waals surface area contributed by atoms with E-state index < -0.39 is 40.1 Å². The number of hydrogen-bond donors (Lipinski definition) is 0. The molecule has 0 N–H and O–H groups in total. The number of nitro benzene ring substituents is 1. The van der Waals surface area contributed by atoms with Gasteiger partial charge in [-0.1, -0.05) is 18.2 Å². The van der Waals surface area contributed by atoms with Crippen LogP contribution in [0.2, 0.25) is 0 Å². The first-order valence-corrected chi connectivity index (χ1v) is 5.80. The molecule has 0 aliphatic carbocycles. The molecular weight excluding hydrogens is 287 g/mol. The van der Waals surface area contributed by atoms with Crippen LogP contribution in [0.3, 0.4) is 0 Å². The highest BCUT2D eigenvalue weighted by molar-refractivity contribution is 5.98. The maximum Gasteiger partial charge on any atom is 0.273 e. The minimum atomic E-state index is -1.34. The van der Waals surface area contributed by atoms with E-state index in [2.05, 4.69) is 0 Å². The monoisotopic (exact) mass is 295 g/mol. The van der Waals surface area contributed by atoms with Crippen LogP contribution in [0.25, 0.3) is 0 Å². The van der Waals surface area contributed by atoms with Crippen molar-refractivity contribution in [1.82, 2.24) is 0 Å². The van der Waals surface area contributed by atoms with Gasteiger partial charge in [0, 0.05) is 30.2 Å². The van der Waals surface area contributed by atoms with Crippen LogP contribution in [0.15, 0.2) is 36.4 Å². The second kappa shape index (κ2) is 5.74. The summed E-state index contributed by atoms with van der Waals surface area (Å²) in [5, 5.41) is 10.8. The molecule has 4 nitrogen and oxygen atoms in total. The number of ketones is 1. The zero-order chi connectivity index (χ0) is 15.6. The number of carbonyl (C=O) groups is 1. The molecule has 0 radical (unpaired) electrons. The summed E-state index contributed by atoms with van der Waals surface area (Å²) in [4.78, 5) is 22.0. The minimum absolute atomic E-state index is 0.0237. The Hall–Kier alpha value is -2.70. The molecular formula is C14H8F3NO3. The highest BCUT2D eigenvalue weighted by Gasteiger charge is 2.22. The van der Waals surface area contributed by atoms with Crippen LogP contribution < -0.4 is 0 Å². The summed E-state index contributed by atoms with van der Waals surface area (Å²) in [5.74, 6) is -4.82. The largest absolute Gasteiger partial charge is 0.294 e. The molecule has 108 valence electrons. The van der Waals surface area contributed by atoms with Gasteiger partial charge in [0.25, 0.3) is 5.69 Å². The second-order valence-corrected chi connectivity index (χ2v) is 4.23. The van der Waals surface area contributed by atoms with Crippen molar-refractivity contribution in [3.05, 3.63) is 75.1 Å². The van der Waals surface area contributed by atoms with E-state index in [0.29, 0.717) is 12.1 Å². The van der Waals surface area contributed by atoms with Crippen molar-refractivity contribution < 1.29 is 22.9 Å². The van der Waals surface area contributed by atoms with Crippen molar-refractivity contribution in [2.24, 2.45) is 0 Å². The quantitative estimate of drug-likeness (QED) is 0.493. The number of rotatable bonds is 4. The lowest BCUT2D eigenvalue weighted by molar-refractivity contribution is -0.385. The summed E-state index contributed by atoms with van der Waals surface area (Å²) in [5.41, 5.74) is -1.21. The van der Waals surface area contributed by atoms with Gasteiger partial charge >= 0.3 is 0 Å². The molecule has 0 unspecified atom stereocenters. The lowest BCUT2D eigenvalue weighted by Crippen LogP contribution is -2.11. The van der Waals surface area contributed by atoms with Crippen molar-refractivity contribution in [2.45, 2.75) is 6.42 Å². The smallest absolute Gasteiger partial charge is 0.273 e. The van der Waals surface area contributed by atoms with E-state index in [1.165, 1.54) is 24.3 Å². The average Bonchev–Trinajstić information content (AvgIpc) is 2.37. The Morgan fingerprint density at radius 2 is 1.67 bits per heavy atom. The Balaban J connectivity index is 2.38. The molecule has 0 aliphatic heterocycles. The summed E-state index contributed by atoms with van der Waals surface area (Å²) in [6.45, 7) is 0. The number of carbonyl (C=O) groups excluding carboxylic acids is 1. The van der Waals surface area contributed by atoms with Crippen molar-refractivity contribution in [1.29, 1.82) is 0 Å². The third-order valence-electron chi connectivity index (χ3n) is 2.83. The lowest BCUT2D eigenvalue weighted by atomic mass is 10.0. The van der Waals surface area contributed by atoms with Gasteiger partial charge in [-0.15, -0.1) is 0 Å². The first kappa shape index (κ1) is 14.7. The molecule has 2 aromatic carbocycles. The van der Waals surface area contributed by atoms with Crippen molar-refractivity contribution in [3.63, 3.8) is 0 Å². The summed E-state index contributed by atoms with van der Waals surface area (Å²) in [7, 11) is 0. The maximum atomic E-state index is 13.5. The lowest BCUT2D eigenvalue weighted by Gasteiger charge is -2.05. The Morgan fingerprint density at radius 3 is 2.24 bits per heavy atom. The van der Waals surface area contributed by atoms with Crippen molar-refractivity contribution in [3.8, 4) is 0 Å². The summed E-state index contributed by atoms with van der Waals surface area (Å²) in [6, 6.07) is 6.14. The fourth-order valence-corrected chi connectivity index (χ4v) is 1.91. The van der Waals surface area contributed by atoms with E-state index in [4.69, 9.17) is 0 Å². The van der Waals surface area contributed by atoms with Crippen LogP contribution in [0.1, 0.15) is 15.9 Å². The van der Waals surface area contributed by atoms with Crippen LogP contribution in [-0.4, -0.2) is 10.7 Å². The zero-order valence-corrected chi connectivity index (χ0v) is 10.5. The van der Waals surface area contributed by atoms with Gasteiger partial charge in [-0.05, 0) is 0 Å². The molecule has 0 aromatic heterocycles. The molecule has 0 atom stereocenters. The topological polar surface area (TPSA) is 60.2 Å². The zero-order valence-electron chi connectivity index (χ0n) is 10.5. The van der Waals surface area contributed by atoms with Gasteiger partial charge in [0.1, 0.15) is 17.5 Å². The average molecular weight is 295 g/mol. The van der Waals surface area contributed by atoms with Crippen LogP contribution >= 0.6 is 0 Å². The Kier molecular flexibility index (Phi) is 4.02. The van der Waals surface area contributed by atoms with E-state index in [1.54, 1.807) is 0 Å². The number of para-hydroxylation sites is 1. The van der Waals surface area contributed by atoms with Crippen LogP contribution in [0.5, 0.6) is 0 Å². The number of nitrogens with zero attached hydrogens (tertiary/aromatic N) is 1. The fraction of sp³-hybridized carbons (Fsp3) is 0.0714. The first-order chi connectivity index (χ1) is 9.90. The number of nitro groups is 1. The molecule has 7 heteroatoms. The van der Waals surface area contributed by atoms with Gasteiger partial charge in [0.15, 0.2) is 5.78 Å². The third-order valence-corrected chi connectivity index (χ3v) is 2.83. The molecule has 0 fully saturated rings. The molecule has 2 aromatic rings. The number of hydrogen-bond acceptors (Lipinski definition) is 3. The standard InChI is InChI=1S/C14H8F3NO3/c15-9-6-10(16)14(11(17)7-9)13(19)5-8-3-1-2-4-12(8)18(20)21/h1-4,6-7H,5H2. The Bertz CT molecular complexity index is 708. The first-order valence-electron chi connectivity index (χ1n) is 5.80. The van der Waals surface area contributed by atoms with Gasteiger partial charge < -0.3 is 0 Å². The highest BCUT2D eigenvalue weighted by atomic mass is 19.1. The van der Waals surface area contributed by atoms with E-state index >= 15 is 0 Å². The maximum absolute atomic E-state index is 13.5. The van der Waals surface area contributed by atoms with Gasteiger partial charge in [-0.3, -0.25) is 14.9 Å². The van der Waals surface area contributed by atoms with Crippen LogP contribution in [-0.2, 0) is 6.42 Å². The minimum Gasteiger partial charge on any atom is -0.294 e. The van der Waals surface area contributed by atoms with Crippen molar-refractivity contribution >= 4 is 11.5 Å². The van der Waals surface area contributed by atoms with Crippen LogP contribution in [0.4, 0.5) is 18.9 Å². The van der Waals surface area contributed by atoms with E-state index in [-0.39, 0.29) is 11.3 Å². The predicted octanol–water partition coefficient (Wildman–Crippen LogP) is 3.44. The number of benzene rings is 2. The highest BCUT2D eigenvalue weighted by Crippen LogP contribution is 2.22. The fourth-order valence-electron chi connectivity index (χ4n) is 1.91. The predicted molar refractivity (Wildman–Crippen MR) is 67.4 cm³/mol. The van der Waals surface area contributed by atoms with Gasteiger partial charge in [-0.2, -0.15) is 0 Å². The Labute approximate surface area is 117 Å². The molecule has 0 spiro atoms. The van der Waals surface area contributed by atoms with Gasteiger partial charge in [0.2, 0.25) is 0 Å². The summed E-state index contributed by atoms with van der Waals surface area (Å²) in [6.07, 6.45) is -0.559. The molecule has 21 heavy (non-hydrogen) atoms. The van der Waals surface area contributed by atoms with E-state index in [9.17, 15) is 28.1 Å². The van der Waals surface area contributed by atoms with Gasteiger partial charge in [-0.25, -0.2) is 13.2 Å². The molecule has 0 saturated carbocycles. The summed E-state index contributed by atoms with van der Waals surface area (Å²) >= 11 is 0. The second-order valence-electron chi connectivity index (χ2n) is 4.23. The third kappa shape index (κ3) is 3.07. The normalized spacial score (nSPS) is 10.4. The molecule has 0 saturated heterocycles. The van der Waals surface area contributed by atoms with E-state index in [0.717, 1.165) is 0 Å².